The lowest BCUT2D eigenvalue weighted by Crippen LogP contribution is -2.13. The van der Waals surface area contributed by atoms with Crippen LogP contribution in [0.5, 0.6) is 0 Å². The van der Waals surface area contributed by atoms with Crippen LogP contribution >= 0.6 is 27.5 Å². The first-order valence-electron chi connectivity index (χ1n) is 5.14. The first-order valence-corrected chi connectivity index (χ1v) is 6.31. The molecule has 0 aromatic heterocycles. The van der Waals surface area contributed by atoms with Crippen molar-refractivity contribution < 1.29 is 8.78 Å². The summed E-state index contributed by atoms with van der Waals surface area (Å²) in [4.78, 5) is 0. The molecule has 1 atom stereocenters. The molecular formula is C13H9BrClF2N. The predicted molar refractivity (Wildman–Crippen MR) is 71.5 cm³/mol. The third-order valence-corrected chi connectivity index (χ3v) is 3.36. The van der Waals surface area contributed by atoms with Gasteiger partial charge in [0.2, 0.25) is 0 Å². The fourth-order valence-electron chi connectivity index (χ4n) is 1.69. The number of halogens is 4. The van der Waals surface area contributed by atoms with E-state index >= 15 is 0 Å². The molecule has 2 N–H and O–H groups in total. The fraction of sp³-hybridized carbons (Fsp3) is 0.0769. The van der Waals surface area contributed by atoms with Crippen LogP contribution in [0.25, 0.3) is 0 Å². The third kappa shape index (κ3) is 2.88. The van der Waals surface area contributed by atoms with Crippen LogP contribution in [-0.4, -0.2) is 0 Å². The Labute approximate surface area is 117 Å². The molecule has 0 fully saturated rings. The molecule has 1 unspecified atom stereocenters. The number of rotatable bonds is 2. The Morgan fingerprint density at radius 2 is 1.67 bits per heavy atom. The smallest absolute Gasteiger partial charge is 0.126 e. The van der Waals surface area contributed by atoms with Gasteiger partial charge < -0.3 is 5.73 Å². The Morgan fingerprint density at radius 1 is 1.06 bits per heavy atom. The molecule has 2 rings (SSSR count). The van der Waals surface area contributed by atoms with Gasteiger partial charge in [0, 0.05) is 15.6 Å². The molecule has 0 aliphatic rings. The van der Waals surface area contributed by atoms with Gasteiger partial charge in [-0.1, -0.05) is 33.6 Å². The minimum absolute atomic E-state index is 0.344. The van der Waals surface area contributed by atoms with Crippen molar-refractivity contribution in [2.45, 2.75) is 6.04 Å². The van der Waals surface area contributed by atoms with Gasteiger partial charge in [0.15, 0.2) is 0 Å². The van der Waals surface area contributed by atoms with Crippen molar-refractivity contribution in [3.63, 3.8) is 0 Å². The minimum Gasteiger partial charge on any atom is -0.320 e. The second-order valence-electron chi connectivity index (χ2n) is 3.85. The zero-order valence-corrected chi connectivity index (χ0v) is 11.5. The van der Waals surface area contributed by atoms with Gasteiger partial charge in [0.25, 0.3) is 0 Å². The van der Waals surface area contributed by atoms with Gasteiger partial charge in [0.1, 0.15) is 11.6 Å². The van der Waals surface area contributed by atoms with Crippen LogP contribution in [0.2, 0.25) is 5.02 Å². The van der Waals surface area contributed by atoms with Crippen LogP contribution in [-0.2, 0) is 0 Å². The molecule has 0 radical (unpaired) electrons. The molecular weight excluding hydrogens is 324 g/mol. The highest BCUT2D eigenvalue weighted by molar-refractivity contribution is 9.10. The molecule has 18 heavy (non-hydrogen) atoms. The second-order valence-corrected chi connectivity index (χ2v) is 5.17. The molecule has 5 heteroatoms. The average Bonchev–Trinajstić information content (AvgIpc) is 2.26. The molecule has 1 nitrogen and oxygen atoms in total. The molecule has 0 saturated carbocycles. The molecule has 0 amide bonds. The summed E-state index contributed by atoms with van der Waals surface area (Å²) >= 11 is 9.34. The summed E-state index contributed by atoms with van der Waals surface area (Å²) in [7, 11) is 0. The second kappa shape index (κ2) is 5.34. The van der Waals surface area contributed by atoms with Crippen molar-refractivity contribution in [1.82, 2.24) is 0 Å². The summed E-state index contributed by atoms with van der Waals surface area (Å²) in [5.74, 6) is -1.32. The number of benzene rings is 2. The highest BCUT2D eigenvalue weighted by atomic mass is 79.9. The summed E-state index contributed by atoms with van der Waals surface area (Å²) in [6.07, 6.45) is 0. The Kier molecular flexibility index (Phi) is 4.00. The van der Waals surface area contributed by atoms with E-state index < -0.39 is 17.7 Å². The summed E-state index contributed by atoms with van der Waals surface area (Å²) < 4.78 is 27.1. The number of hydrogen-bond acceptors (Lipinski definition) is 1. The summed E-state index contributed by atoms with van der Waals surface area (Å²) in [5, 5.41) is 0.446. The van der Waals surface area contributed by atoms with Crippen LogP contribution in [0.1, 0.15) is 17.2 Å². The van der Waals surface area contributed by atoms with Gasteiger partial charge in [-0.05, 0) is 35.4 Å². The van der Waals surface area contributed by atoms with Gasteiger partial charge in [0.05, 0.1) is 6.04 Å². The Balaban J connectivity index is 2.44. The quantitative estimate of drug-likeness (QED) is 0.865. The van der Waals surface area contributed by atoms with Crippen LogP contribution in [0.3, 0.4) is 0 Å². The maximum Gasteiger partial charge on any atom is 0.126 e. The van der Waals surface area contributed by atoms with Crippen LogP contribution in [0.15, 0.2) is 40.9 Å². The fourth-order valence-corrected chi connectivity index (χ4v) is 2.48. The molecule has 0 heterocycles. The first kappa shape index (κ1) is 13.5. The van der Waals surface area contributed by atoms with Gasteiger partial charge in [-0.25, -0.2) is 8.78 Å². The van der Waals surface area contributed by atoms with Crippen molar-refractivity contribution in [2.75, 3.05) is 0 Å². The van der Waals surface area contributed by atoms with Gasteiger partial charge in [-0.2, -0.15) is 0 Å². The van der Waals surface area contributed by atoms with Crippen molar-refractivity contribution >= 4 is 27.5 Å². The largest absolute Gasteiger partial charge is 0.320 e. The summed E-state index contributed by atoms with van der Waals surface area (Å²) in [5.41, 5.74) is 6.93. The molecule has 0 spiro atoms. The summed E-state index contributed by atoms with van der Waals surface area (Å²) in [6.45, 7) is 0. The molecule has 2 aromatic carbocycles. The topological polar surface area (TPSA) is 26.0 Å². The average molecular weight is 333 g/mol. The van der Waals surface area contributed by atoms with Crippen molar-refractivity contribution in [1.29, 1.82) is 0 Å². The van der Waals surface area contributed by atoms with E-state index in [0.717, 1.165) is 10.5 Å². The lowest BCUT2D eigenvalue weighted by Gasteiger charge is -2.14. The zero-order chi connectivity index (χ0) is 13.3. The molecule has 0 aliphatic heterocycles. The first-order chi connectivity index (χ1) is 8.47. The monoisotopic (exact) mass is 331 g/mol. The van der Waals surface area contributed by atoms with E-state index in [1.807, 2.05) is 0 Å². The van der Waals surface area contributed by atoms with Gasteiger partial charge >= 0.3 is 0 Å². The maximum absolute atomic E-state index is 13.1. The molecule has 0 aliphatic carbocycles. The van der Waals surface area contributed by atoms with Crippen LogP contribution in [0, 0.1) is 11.6 Å². The predicted octanol–water partition coefficient (Wildman–Crippen LogP) is 4.43. The minimum atomic E-state index is -0.671. The van der Waals surface area contributed by atoms with E-state index in [1.165, 1.54) is 12.1 Å². The van der Waals surface area contributed by atoms with E-state index in [2.05, 4.69) is 15.9 Å². The van der Waals surface area contributed by atoms with Crippen LogP contribution < -0.4 is 5.73 Å². The highest BCUT2D eigenvalue weighted by Crippen LogP contribution is 2.29. The van der Waals surface area contributed by atoms with Gasteiger partial charge in [-0.3, -0.25) is 0 Å². The Hall–Kier alpha value is -0.970. The van der Waals surface area contributed by atoms with Crippen molar-refractivity contribution in [3.8, 4) is 0 Å². The third-order valence-electron chi connectivity index (χ3n) is 2.54. The standard InChI is InChI=1S/C13H9BrClF2N/c14-8-1-2-11(12(15)5-8)13(18)7-3-9(16)6-10(17)4-7/h1-6,13H,18H2. The van der Waals surface area contributed by atoms with E-state index in [4.69, 9.17) is 17.3 Å². The van der Waals surface area contributed by atoms with Gasteiger partial charge in [-0.15, -0.1) is 0 Å². The highest BCUT2D eigenvalue weighted by Gasteiger charge is 2.14. The number of hydrogen-bond donors (Lipinski definition) is 1. The van der Waals surface area contributed by atoms with E-state index in [-0.39, 0.29) is 0 Å². The summed E-state index contributed by atoms with van der Waals surface area (Å²) in [6, 6.07) is 7.72. The van der Waals surface area contributed by atoms with E-state index in [9.17, 15) is 8.78 Å². The lowest BCUT2D eigenvalue weighted by atomic mass is 9.99. The molecule has 94 valence electrons. The Bertz CT molecular complexity index is 569. The van der Waals surface area contributed by atoms with Crippen molar-refractivity contribution in [2.24, 2.45) is 5.73 Å². The Morgan fingerprint density at radius 3 is 2.22 bits per heavy atom. The normalized spacial score (nSPS) is 12.5. The van der Waals surface area contributed by atoms with E-state index in [1.54, 1.807) is 18.2 Å². The molecule has 2 aromatic rings. The maximum atomic E-state index is 13.1. The van der Waals surface area contributed by atoms with Crippen molar-refractivity contribution in [3.05, 3.63) is 68.7 Å². The van der Waals surface area contributed by atoms with Crippen LogP contribution in [0.4, 0.5) is 8.78 Å². The zero-order valence-electron chi connectivity index (χ0n) is 9.13. The van der Waals surface area contributed by atoms with E-state index in [0.29, 0.717) is 16.1 Å². The number of nitrogens with two attached hydrogens (primary N) is 1. The molecule has 0 saturated heterocycles. The molecule has 0 bridgehead atoms. The SMILES string of the molecule is NC(c1cc(F)cc(F)c1)c1ccc(Br)cc1Cl. The lowest BCUT2D eigenvalue weighted by molar-refractivity contribution is 0.577.